The summed E-state index contributed by atoms with van der Waals surface area (Å²) in [6.07, 6.45) is 3.35. The summed E-state index contributed by atoms with van der Waals surface area (Å²) in [5.41, 5.74) is 1.59. The van der Waals surface area contributed by atoms with Crippen LogP contribution in [-0.2, 0) is 4.79 Å². The number of ether oxygens (including phenoxy) is 2. The molecule has 3 aromatic rings. The fourth-order valence-electron chi connectivity index (χ4n) is 2.20. The summed E-state index contributed by atoms with van der Waals surface area (Å²) >= 11 is 0. The Morgan fingerprint density at radius 2 is 1.80 bits per heavy atom. The lowest BCUT2D eigenvalue weighted by atomic mass is 10.2. The number of methoxy groups -OCH3 is 1. The number of amides is 1. The lowest BCUT2D eigenvalue weighted by molar-refractivity contribution is -0.116. The molecular weight excluding hydrogens is 320 g/mol. The van der Waals surface area contributed by atoms with E-state index in [2.05, 4.69) is 15.4 Å². The van der Waals surface area contributed by atoms with Crippen molar-refractivity contribution in [2.24, 2.45) is 0 Å². The van der Waals surface area contributed by atoms with Gasteiger partial charge in [-0.3, -0.25) is 4.79 Å². The van der Waals surface area contributed by atoms with Crippen LogP contribution >= 0.6 is 0 Å². The molecule has 1 heterocycles. The minimum atomic E-state index is -0.109. The zero-order valence-electron chi connectivity index (χ0n) is 13.8. The Hall–Kier alpha value is -3.35. The first-order valence-electron chi connectivity index (χ1n) is 7.76. The van der Waals surface area contributed by atoms with Crippen LogP contribution in [0.5, 0.6) is 11.5 Å². The number of benzene rings is 2. The zero-order chi connectivity index (χ0) is 17.5. The summed E-state index contributed by atoms with van der Waals surface area (Å²) in [7, 11) is 1.61. The number of anilines is 1. The second-order valence-electron chi connectivity index (χ2n) is 5.21. The number of nitrogens with one attached hydrogen (secondary N) is 1. The van der Waals surface area contributed by atoms with Gasteiger partial charge in [0.25, 0.3) is 0 Å². The first kappa shape index (κ1) is 16.5. The molecule has 1 N–H and O–H groups in total. The first-order valence-corrected chi connectivity index (χ1v) is 7.76. The summed E-state index contributed by atoms with van der Waals surface area (Å²) in [6, 6.07) is 14.6. The minimum absolute atomic E-state index is 0.109. The number of carbonyl (C=O) groups excluding carboxylic acids is 1. The molecule has 0 aliphatic heterocycles. The van der Waals surface area contributed by atoms with Gasteiger partial charge in [0.1, 0.15) is 24.2 Å². The van der Waals surface area contributed by atoms with Crippen LogP contribution in [0.4, 0.5) is 5.69 Å². The number of nitrogens with zero attached hydrogens (tertiary/aromatic N) is 3. The number of hydrogen-bond donors (Lipinski definition) is 1. The number of aromatic nitrogens is 3. The van der Waals surface area contributed by atoms with Crippen LogP contribution in [0.3, 0.4) is 0 Å². The fourth-order valence-corrected chi connectivity index (χ4v) is 2.20. The van der Waals surface area contributed by atoms with Crippen molar-refractivity contribution < 1.29 is 14.3 Å². The van der Waals surface area contributed by atoms with Crippen molar-refractivity contribution in [2.45, 2.75) is 6.42 Å². The molecule has 0 radical (unpaired) electrons. The Morgan fingerprint density at radius 1 is 1.08 bits per heavy atom. The highest BCUT2D eigenvalue weighted by Gasteiger charge is 2.04. The highest BCUT2D eigenvalue weighted by Crippen LogP contribution is 2.17. The lowest BCUT2D eigenvalue weighted by Gasteiger charge is -2.08. The van der Waals surface area contributed by atoms with Gasteiger partial charge in [-0.2, -0.15) is 5.10 Å². The second-order valence-corrected chi connectivity index (χ2v) is 5.21. The largest absolute Gasteiger partial charge is 0.497 e. The molecule has 0 aliphatic rings. The molecule has 7 heteroatoms. The summed E-state index contributed by atoms with van der Waals surface area (Å²) in [5, 5.41) is 6.89. The predicted octanol–water partition coefficient (Wildman–Crippen LogP) is 2.68. The van der Waals surface area contributed by atoms with Crippen molar-refractivity contribution in [3.8, 4) is 17.2 Å². The van der Waals surface area contributed by atoms with Gasteiger partial charge in [-0.05, 0) is 48.5 Å². The normalized spacial score (nSPS) is 10.3. The quantitative estimate of drug-likeness (QED) is 0.716. The van der Waals surface area contributed by atoms with E-state index < -0.39 is 0 Å². The second kappa shape index (κ2) is 7.96. The number of hydrogen-bond acceptors (Lipinski definition) is 5. The fraction of sp³-hybridized carbons (Fsp3) is 0.167. The summed E-state index contributed by atoms with van der Waals surface area (Å²) in [5.74, 6) is 1.35. The Labute approximate surface area is 145 Å². The van der Waals surface area contributed by atoms with E-state index in [-0.39, 0.29) is 12.3 Å². The van der Waals surface area contributed by atoms with Gasteiger partial charge in [-0.15, -0.1) is 0 Å². The Balaban J connectivity index is 1.45. The van der Waals surface area contributed by atoms with Crippen LogP contribution in [0.25, 0.3) is 5.69 Å². The molecule has 25 heavy (non-hydrogen) atoms. The molecule has 3 rings (SSSR count). The maximum absolute atomic E-state index is 12.0. The van der Waals surface area contributed by atoms with Gasteiger partial charge in [-0.1, -0.05) is 0 Å². The molecule has 0 bridgehead atoms. The van der Waals surface area contributed by atoms with E-state index in [1.165, 1.54) is 6.33 Å². The van der Waals surface area contributed by atoms with Crippen LogP contribution in [0.15, 0.2) is 61.2 Å². The van der Waals surface area contributed by atoms with E-state index in [0.29, 0.717) is 12.4 Å². The van der Waals surface area contributed by atoms with Crippen molar-refractivity contribution >= 4 is 11.6 Å². The van der Waals surface area contributed by atoms with Gasteiger partial charge >= 0.3 is 0 Å². The summed E-state index contributed by atoms with van der Waals surface area (Å²) < 4.78 is 12.3. The molecular formula is C18H18N4O3. The maximum atomic E-state index is 12.0. The molecule has 0 unspecified atom stereocenters. The van der Waals surface area contributed by atoms with E-state index in [1.54, 1.807) is 30.3 Å². The van der Waals surface area contributed by atoms with Gasteiger partial charge in [0.2, 0.25) is 5.91 Å². The lowest BCUT2D eigenvalue weighted by Crippen LogP contribution is -2.15. The third-order valence-corrected chi connectivity index (χ3v) is 3.49. The van der Waals surface area contributed by atoms with Crippen molar-refractivity contribution in [3.05, 3.63) is 61.2 Å². The smallest absolute Gasteiger partial charge is 0.227 e. The molecule has 1 aromatic heterocycles. The van der Waals surface area contributed by atoms with Gasteiger partial charge in [0.15, 0.2) is 0 Å². The van der Waals surface area contributed by atoms with Crippen molar-refractivity contribution in [1.82, 2.24) is 14.8 Å². The van der Waals surface area contributed by atoms with Crippen LogP contribution < -0.4 is 14.8 Å². The Bertz CT molecular complexity index is 799. The van der Waals surface area contributed by atoms with E-state index in [4.69, 9.17) is 9.47 Å². The van der Waals surface area contributed by atoms with E-state index >= 15 is 0 Å². The van der Waals surface area contributed by atoms with Gasteiger partial charge < -0.3 is 14.8 Å². The third-order valence-electron chi connectivity index (χ3n) is 3.49. The number of rotatable bonds is 7. The monoisotopic (exact) mass is 338 g/mol. The molecule has 128 valence electrons. The Morgan fingerprint density at radius 3 is 2.44 bits per heavy atom. The zero-order valence-corrected chi connectivity index (χ0v) is 13.8. The third kappa shape index (κ3) is 4.57. The molecule has 0 aliphatic carbocycles. The molecule has 2 aromatic carbocycles. The van der Waals surface area contributed by atoms with E-state index in [1.807, 2.05) is 36.4 Å². The van der Waals surface area contributed by atoms with E-state index in [0.717, 1.165) is 17.1 Å². The minimum Gasteiger partial charge on any atom is -0.497 e. The van der Waals surface area contributed by atoms with Crippen LogP contribution in [0.1, 0.15) is 6.42 Å². The van der Waals surface area contributed by atoms with Gasteiger partial charge in [-0.25, -0.2) is 9.67 Å². The van der Waals surface area contributed by atoms with Crippen molar-refractivity contribution in [2.75, 3.05) is 19.0 Å². The van der Waals surface area contributed by atoms with Crippen molar-refractivity contribution in [3.63, 3.8) is 0 Å². The average Bonchev–Trinajstić information content (AvgIpc) is 3.18. The van der Waals surface area contributed by atoms with Gasteiger partial charge in [0, 0.05) is 5.69 Å². The molecule has 0 saturated carbocycles. The molecule has 1 amide bonds. The van der Waals surface area contributed by atoms with Gasteiger partial charge in [0.05, 0.1) is 25.8 Å². The predicted molar refractivity (Wildman–Crippen MR) is 93.1 cm³/mol. The molecule has 7 nitrogen and oxygen atoms in total. The SMILES string of the molecule is COc1ccc(OCCC(=O)Nc2ccc(-n3cncn3)cc2)cc1. The highest BCUT2D eigenvalue weighted by atomic mass is 16.5. The van der Waals surface area contributed by atoms with Crippen LogP contribution in [0.2, 0.25) is 0 Å². The molecule has 0 spiro atoms. The first-order chi connectivity index (χ1) is 12.2. The summed E-state index contributed by atoms with van der Waals surface area (Å²) in [6.45, 7) is 0.301. The average molecular weight is 338 g/mol. The van der Waals surface area contributed by atoms with Crippen molar-refractivity contribution in [1.29, 1.82) is 0 Å². The van der Waals surface area contributed by atoms with Crippen LogP contribution in [0, 0.1) is 0 Å². The standard InChI is InChI=1S/C18H18N4O3/c1-24-16-6-8-17(9-7-16)25-11-10-18(23)21-14-2-4-15(5-3-14)22-13-19-12-20-22/h2-9,12-13H,10-11H2,1H3,(H,21,23). The molecule has 0 atom stereocenters. The summed E-state index contributed by atoms with van der Waals surface area (Å²) in [4.78, 5) is 15.9. The molecule has 0 saturated heterocycles. The Kier molecular flexibility index (Phi) is 5.26. The molecule has 0 fully saturated rings. The highest BCUT2D eigenvalue weighted by molar-refractivity contribution is 5.90. The maximum Gasteiger partial charge on any atom is 0.227 e. The van der Waals surface area contributed by atoms with Crippen LogP contribution in [-0.4, -0.2) is 34.4 Å². The topological polar surface area (TPSA) is 78.3 Å². The number of carbonyl (C=O) groups is 1. The van der Waals surface area contributed by atoms with E-state index in [9.17, 15) is 4.79 Å².